The zero-order chi connectivity index (χ0) is 22.7. The van der Waals surface area contributed by atoms with Crippen molar-refractivity contribution < 1.29 is 23.5 Å². The number of carbonyl (C=O) groups excluding carboxylic acids is 2. The minimum absolute atomic E-state index is 0.0146. The maximum atomic E-state index is 12.7. The summed E-state index contributed by atoms with van der Waals surface area (Å²) < 4.78 is 11.7. The van der Waals surface area contributed by atoms with E-state index in [0.717, 1.165) is 59.1 Å². The van der Waals surface area contributed by atoms with E-state index in [4.69, 9.17) is 9.26 Å². The lowest BCUT2D eigenvalue weighted by atomic mass is 9.95. The summed E-state index contributed by atoms with van der Waals surface area (Å²) in [6, 6.07) is 7.55. The molecule has 0 saturated heterocycles. The van der Waals surface area contributed by atoms with Gasteiger partial charge >= 0.3 is 16.6 Å². The predicted molar refractivity (Wildman–Crippen MR) is 122 cm³/mol. The average molecular weight is 475 g/mol. The fourth-order valence-electron chi connectivity index (χ4n) is 3.62. The number of hydrogen-bond donors (Lipinski definition) is 2. The van der Waals surface area contributed by atoms with E-state index in [0.29, 0.717) is 10.6 Å². The summed E-state index contributed by atoms with van der Waals surface area (Å²) in [6.45, 7) is 4.01. The van der Waals surface area contributed by atoms with E-state index < -0.39 is 11.6 Å². The van der Waals surface area contributed by atoms with Crippen LogP contribution in [0.3, 0.4) is 0 Å². The van der Waals surface area contributed by atoms with Crippen LogP contribution in [0.4, 0.5) is 5.00 Å². The van der Waals surface area contributed by atoms with Crippen LogP contribution in [0.2, 0.25) is 0 Å². The molecule has 1 aromatic carbocycles. The summed E-state index contributed by atoms with van der Waals surface area (Å²) in [4.78, 5) is 38.6. The van der Waals surface area contributed by atoms with E-state index in [1.807, 2.05) is 31.2 Å². The van der Waals surface area contributed by atoms with Gasteiger partial charge in [-0.05, 0) is 66.8 Å². The molecule has 0 unspecified atom stereocenters. The number of anilines is 1. The number of esters is 1. The molecular weight excluding hydrogens is 450 g/mol. The van der Waals surface area contributed by atoms with Crippen LogP contribution in [0.15, 0.2) is 38.6 Å². The van der Waals surface area contributed by atoms with Crippen molar-refractivity contribution in [3.8, 4) is 5.69 Å². The summed E-state index contributed by atoms with van der Waals surface area (Å²) in [7, 11) is 0. The molecule has 3 aromatic rings. The number of nitrogens with one attached hydrogen (secondary N) is 2. The first-order valence-corrected chi connectivity index (χ1v) is 12.2. The number of aryl methyl sites for hydroxylation is 2. The van der Waals surface area contributed by atoms with Gasteiger partial charge in [0.2, 0.25) is 11.6 Å². The number of amides is 1. The Labute approximate surface area is 192 Å². The molecule has 0 spiro atoms. The molecule has 10 heteroatoms. The number of hydrogen-bond acceptors (Lipinski definition) is 7. The molecule has 0 bridgehead atoms. The minimum Gasteiger partial charge on any atom is -0.462 e. The molecule has 4 rings (SSSR count). The number of nitrogens with zero attached hydrogens (tertiary/aromatic N) is 1. The summed E-state index contributed by atoms with van der Waals surface area (Å²) in [5, 5.41) is 6.22. The Hall–Kier alpha value is -2.85. The number of H-pyrrole nitrogens is 1. The van der Waals surface area contributed by atoms with Gasteiger partial charge in [-0.25, -0.2) is 9.59 Å². The van der Waals surface area contributed by atoms with Gasteiger partial charge in [0.05, 0.1) is 17.9 Å². The largest absolute Gasteiger partial charge is 0.462 e. The van der Waals surface area contributed by atoms with Gasteiger partial charge in [0.25, 0.3) is 0 Å². The maximum absolute atomic E-state index is 12.7. The molecule has 2 N–H and O–H groups in total. The van der Waals surface area contributed by atoms with Crippen molar-refractivity contribution in [2.75, 3.05) is 17.7 Å². The lowest BCUT2D eigenvalue weighted by Gasteiger charge is -2.12. The van der Waals surface area contributed by atoms with Gasteiger partial charge in [-0.1, -0.05) is 17.7 Å². The second kappa shape index (κ2) is 9.74. The third kappa shape index (κ3) is 4.66. The molecule has 1 aliphatic rings. The summed E-state index contributed by atoms with van der Waals surface area (Å²) >= 11 is 2.51. The van der Waals surface area contributed by atoms with E-state index in [2.05, 4.69) is 10.6 Å². The fraction of sp³-hybridized carbons (Fsp3) is 0.364. The first-order chi connectivity index (χ1) is 15.5. The number of thiophene rings is 1. The molecule has 0 aliphatic heterocycles. The molecule has 168 valence electrons. The van der Waals surface area contributed by atoms with Crippen molar-refractivity contribution in [3.05, 3.63) is 56.3 Å². The first kappa shape index (κ1) is 22.3. The van der Waals surface area contributed by atoms with Gasteiger partial charge < -0.3 is 10.1 Å². The average Bonchev–Trinajstić information content (AvgIpc) is 3.32. The van der Waals surface area contributed by atoms with Crippen molar-refractivity contribution in [1.82, 2.24) is 5.27 Å². The second-order valence-electron chi connectivity index (χ2n) is 7.43. The zero-order valence-electron chi connectivity index (χ0n) is 17.9. The van der Waals surface area contributed by atoms with Gasteiger partial charge in [0.15, 0.2) is 0 Å². The summed E-state index contributed by atoms with van der Waals surface area (Å²) in [6.07, 6.45) is 3.80. The molecule has 8 nitrogen and oxygen atoms in total. The van der Waals surface area contributed by atoms with E-state index in [9.17, 15) is 14.4 Å². The molecular formula is C22H24N3O5S2+. The van der Waals surface area contributed by atoms with E-state index in [1.165, 1.54) is 16.0 Å². The molecule has 2 aromatic heterocycles. The Bertz CT molecular complexity index is 1190. The number of thioether (sulfide) groups is 1. The fourth-order valence-corrected chi connectivity index (χ4v) is 5.69. The van der Waals surface area contributed by atoms with Crippen LogP contribution in [-0.4, -0.2) is 29.5 Å². The highest BCUT2D eigenvalue weighted by Crippen LogP contribution is 2.38. The van der Waals surface area contributed by atoms with Crippen molar-refractivity contribution >= 4 is 40.0 Å². The number of aromatic amines is 1. The molecule has 1 aliphatic carbocycles. The van der Waals surface area contributed by atoms with Crippen LogP contribution in [0.5, 0.6) is 0 Å². The smallest absolute Gasteiger partial charge is 0.442 e. The monoisotopic (exact) mass is 474 g/mol. The molecule has 32 heavy (non-hydrogen) atoms. The third-order valence-electron chi connectivity index (χ3n) is 5.14. The van der Waals surface area contributed by atoms with Gasteiger partial charge in [-0.2, -0.15) is 0 Å². The van der Waals surface area contributed by atoms with Crippen LogP contribution in [-0.2, 0) is 22.4 Å². The number of aromatic nitrogens is 2. The minimum atomic E-state index is -0.554. The van der Waals surface area contributed by atoms with Crippen molar-refractivity contribution in [2.45, 2.75) is 44.6 Å². The van der Waals surface area contributed by atoms with Gasteiger partial charge in [0.1, 0.15) is 5.00 Å². The topological polar surface area (TPSA) is 105 Å². The number of fused-ring (bicyclic) bond motifs is 1. The molecule has 0 atom stereocenters. The SMILES string of the molecule is CCOC(=O)c1c(NC(=O)CSc2c(=O)o[nH][n+]2-c2ccc(C)cc2)sc2c1CCCC2. The zero-order valence-corrected chi connectivity index (χ0v) is 19.5. The Balaban J connectivity index is 1.51. The molecule has 1 amide bonds. The Morgan fingerprint density at radius 1 is 1.25 bits per heavy atom. The highest BCUT2D eigenvalue weighted by molar-refractivity contribution is 7.99. The van der Waals surface area contributed by atoms with Gasteiger partial charge in [-0.15, -0.1) is 11.3 Å². The van der Waals surface area contributed by atoms with Gasteiger partial charge in [0, 0.05) is 17.0 Å². The lowest BCUT2D eigenvalue weighted by Crippen LogP contribution is -2.36. The Kier molecular flexibility index (Phi) is 6.80. The van der Waals surface area contributed by atoms with Crippen LogP contribution >= 0.6 is 23.1 Å². The second-order valence-corrected chi connectivity index (χ2v) is 9.50. The highest BCUT2D eigenvalue weighted by Gasteiger charge is 2.29. The first-order valence-electron chi connectivity index (χ1n) is 10.4. The number of carbonyl (C=O) groups is 2. The van der Waals surface area contributed by atoms with Crippen LogP contribution < -0.4 is 15.6 Å². The number of rotatable bonds is 7. The van der Waals surface area contributed by atoms with Crippen LogP contribution in [0.25, 0.3) is 5.69 Å². The van der Waals surface area contributed by atoms with Crippen molar-refractivity contribution in [3.63, 3.8) is 0 Å². The van der Waals surface area contributed by atoms with Crippen LogP contribution in [0.1, 0.15) is 46.1 Å². The van der Waals surface area contributed by atoms with Crippen molar-refractivity contribution in [1.29, 1.82) is 0 Å². The molecule has 0 fully saturated rings. The van der Waals surface area contributed by atoms with E-state index in [-0.39, 0.29) is 23.3 Å². The molecule has 2 heterocycles. The summed E-state index contributed by atoms with van der Waals surface area (Å²) in [5.41, 5.74) is 2.72. The Morgan fingerprint density at radius 2 is 2.00 bits per heavy atom. The molecule has 0 radical (unpaired) electrons. The predicted octanol–water partition coefficient (Wildman–Crippen LogP) is 3.40. The lowest BCUT2D eigenvalue weighted by molar-refractivity contribution is -0.704. The molecule has 0 saturated carbocycles. The van der Waals surface area contributed by atoms with Crippen molar-refractivity contribution in [2.24, 2.45) is 0 Å². The summed E-state index contributed by atoms with van der Waals surface area (Å²) in [5.74, 6) is -0.729. The third-order valence-corrected chi connectivity index (χ3v) is 7.38. The van der Waals surface area contributed by atoms with Crippen LogP contribution in [0, 0.1) is 6.92 Å². The highest BCUT2D eigenvalue weighted by atomic mass is 32.2. The quantitative estimate of drug-likeness (QED) is 0.309. The number of benzene rings is 1. The Morgan fingerprint density at radius 3 is 2.75 bits per heavy atom. The standard InChI is InChI=1S/C22H23N3O5S2/c1-3-29-21(27)18-15-6-4-5-7-16(15)32-19(18)23-17(26)12-31-20-22(28)30-24-25(20)14-10-8-13(2)9-11-14/h8-11H,3-7,12H2,1-2H3,(H-,23,24,26,27,28)/p+1. The van der Waals surface area contributed by atoms with E-state index in [1.54, 1.807) is 6.92 Å². The van der Waals surface area contributed by atoms with E-state index >= 15 is 0 Å². The number of ether oxygens (including phenoxy) is 1. The maximum Gasteiger partial charge on any atom is 0.442 e. The normalized spacial score (nSPS) is 12.9. The van der Waals surface area contributed by atoms with Gasteiger partial charge in [-0.3, -0.25) is 9.32 Å².